The van der Waals surface area contributed by atoms with Gasteiger partial charge in [0.1, 0.15) is 0 Å². The molecular formula is C14H29NO. The minimum absolute atomic E-state index is 0.273. The minimum atomic E-state index is 0.273. The zero-order valence-corrected chi connectivity index (χ0v) is 11.3. The molecule has 96 valence electrons. The lowest BCUT2D eigenvalue weighted by molar-refractivity contribution is 0.0480. The van der Waals surface area contributed by atoms with Gasteiger partial charge in [0.2, 0.25) is 0 Å². The molecule has 2 nitrogen and oxygen atoms in total. The third-order valence-corrected chi connectivity index (χ3v) is 3.42. The Morgan fingerprint density at radius 2 is 2.06 bits per heavy atom. The molecule has 0 aromatic carbocycles. The summed E-state index contributed by atoms with van der Waals surface area (Å²) in [6, 6.07) is 0. The largest absolute Gasteiger partial charge is 0.381 e. The predicted octanol–water partition coefficient (Wildman–Crippen LogP) is 3.22. The van der Waals surface area contributed by atoms with Crippen molar-refractivity contribution in [1.29, 1.82) is 0 Å². The highest BCUT2D eigenvalue weighted by atomic mass is 16.5. The number of hydrogen-bond donors (Lipinski definition) is 1. The molecule has 0 heterocycles. The summed E-state index contributed by atoms with van der Waals surface area (Å²) in [7, 11) is 0. The maximum Gasteiger partial charge on any atom is 0.0529 e. The molecule has 0 atom stereocenters. The first-order valence-corrected chi connectivity index (χ1v) is 6.92. The van der Waals surface area contributed by atoms with Gasteiger partial charge >= 0.3 is 0 Å². The average Bonchev–Trinajstić information content (AvgIpc) is 2.14. The van der Waals surface area contributed by atoms with Crippen LogP contribution in [0.1, 0.15) is 52.9 Å². The lowest BCUT2D eigenvalue weighted by atomic mass is 9.83. The highest BCUT2D eigenvalue weighted by Gasteiger charge is 2.19. The second-order valence-electron chi connectivity index (χ2n) is 5.98. The highest BCUT2D eigenvalue weighted by Crippen LogP contribution is 2.29. The summed E-state index contributed by atoms with van der Waals surface area (Å²) >= 11 is 0. The normalized spacial score (nSPS) is 17.4. The van der Waals surface area contributed by atoms with Crippen molar-refractivity contribution in [1.82, 2.24) is 5.32 Å². The first kappa shape index (κ1) is 14.0. The smallest absolute Gasteiger partial charge is 0.0529 e. The second kappa shape index (κ2) is 7.29. The highest BCUT2D eigenvalue weighted by molar-refractivity contribution is 4.72. The number of ether oxygens (including phenoxy) is 1. The molecule has 1 saturated carbocycles. The molecule has 16 heavy (non-hydrogen) atoms. The summed E-state index contributed by atoms with van der Waals surface area (Å²) in [5, 5.41) is 3.47. The molecule has 1 rings (SSSR count). The monoisotopic (exact) mass is 227 g/mol. The van der Waals surface area contributed by atoms with Gasteiger partial charge in [-0.25, -0.2) is 0 Å². The quantitative estimate of drug-likeness (QED) is 0.611. The molecule has 0 saturated heterocycles. The van der Waals surface area contributed by atoms with Crippen LogP contribution < -0.4 is 5.32 Å². The molecule has 0 spiro atoms. The molecule has 1 aliphatic carbocycles. The molecule has 1 fully saturated rings. The number of nitrogens with one attached hydrogen (secondary N) is 1. The molecular weight excluding hydrogens is 198 g/mol. The van der Waals surface area contributed by atoms with Crippen LogP contribution in [0.3, 0.4) is 0 Å². The van der Waals surface area contributed by atoms with Gasteiger partial charge in [-0.15, -0.1) is 0 Å². The fraction of sp³-hybridized carbons (Fsp3) is 1.00. The summed E-state index contributed by atoms with van der Waals surface area (Å²) in [6.07, 6.45) is 6.80. The molecule has 0 aromatic heterocycles. The van der Waals surface area contributed by atoms with E-state index in [4.69, 9.17) is 4.74 Å². The van der Waals surface area contributed by atoms with Crippen LogP contribution in [-0.2, 0) is 4.74 Å². The van der Waals surface area contributed by atoms with Gasteiger partial charge in [0.15, 0.2) is 0 Å². The van der Waals surface area contributed by atoms with Crippen LogP contribution in [0, 0.1) is 11.3 Å². The Kier molecular flexibility index (Phi) is 6.37. The molecule has 0 amide bonds. The van der Waals surface area contributed by atoms with Crippen molar-refractivity contribution < 1.29 is 4.74 Å². The summed E-state index contributed by atoms with van der Waals surface area (Å²) in [4.78, 5) is 0. The van der Waals surface area contributed by atoms with Crippen LogP contribution in [0.25, 0.3) is 0 Å². The Morgan fingerprint density at radius 3 is 2.62 bits per heavy atom. The van der Waals surface area contributed by atoms with E-state index in [1.165, 1.54) is 32.1 Å². The number of rotatable bonds is 9. The van der Waals surface area contributed by atoms with Crippen LogP contribution in [0.2, 0.25) is 0 Å². The van der Waals surface area contributed by atoms with Gasteiger partial charge in [-0.1, -0.05) is 40.0 Å². The van der Waals surface area contributed by atoms with E-state index in [2.05, 4.69) is 26.1 Å². The minimum Gasteiger partial charge on any atom is -0.381 e. The van der Waals surface area contributed by atoms with Crippen LogP contribution >= 0.6 is 0 Å². The molecule has 0 unspecified atom stereocenters. The van der Waals surface area contributed by atoms with E-state index >= 15 is 0 Å². The molecule has 0 bridgehead atoms. The van der Waals surface area contributed by atoms with E-state index in [1.54, 1.807) is 0 Å². The Hall–Kier alpha value is -0.0800. The van der Waals surface area contributed by atoms with Gasteiger partial charge in [-0.05, 0) is 25.3 Å². The van der Waals surface area contributed by atoms with Gasteiger partial charge in [0, 0.05) is 18.6 Å². The van der Waals surface area contributed by atoms with Gasteiger partial charge < -0.3 is 10.1 Å². The van der Waals surface area contributed by atoms with Crippen molar-refractivity contribution in [3.8, 4) is 0 Å². The standard InChI is InChI=1S/C14H29NO/c1-4-9-15-11-14(2,3)12-16-10-8-13-6-5-7-13/h13,15H,4-12H2,1-3H3. The maximum atomic E-state index is 5.80. The van der Waals surface area contributed by atoms with Crippen molar-refractivity contribution in [2.75, 3.05) is 26.3 Å². The molecule has 0 aliphatic heterocycles. The predicted molar refractivity (Wildman–Crippen MR) is 69.7 cm³/mol. The maximum absolute atomic E-state index is 5.80. The lowest BCUT2D eigenvalue weighted by Crippen LogP contribution is -2.33. The summed E-state index contributed by atoms with van der Waals surface area (Å²) in [6.45, 7) is 10.8. The van der Waals surface area contributed by atoms with Crippen LogP contribution in [0.4, 0.5) is 0 Å². The van der Waals surface area contributed by atoms with Crippen LogP contribution in [-0.4, -0.2) is 26.3 Å². The number of hydrogen-bond acceptors (Lipinski definition) is 2. The molecule has 2 heteroatoms. The van der Waals surface area contributed by atoms with Gasteiger partial charge in [-0.3, -0.25) is 0 Å². The third kappa shape index (κ3) is 5.86. The fourth-order valence-corrected chi connectivity index (χ4v) is 2.03. The van der Waals surface area contributed by atoms with E-state index in [1.807, 2.05) is 0 Å². The van der Waals surface area contributed by atoms with Gasteiger partial charge in [0.25, 0.3) is 0 Å². The first-order valence-electron chi connectivity index (χ1n) is 6.92. The van der Waals surface area contributed by atoms with E-state index in [9.17, 15) is 0 Å². The Labute approximate surface area is 101 Å². The topological polar surface area (TPSA) is 21.3 Å². The zero-order valence-electron chi connectivity index (χ0n) is 11.3. The summed E-state index contributed by atoms with van der Waals surface area (Å²) < 4.78 is 5.80. The lowest BCUT2D eigenvalue weighted by Gasteiger charge is -2.27. The molecule has 1 N–H and O–H groups in total. The van der Waals surface area contributed by atoms with Crippen molar-refractivity contribution in [3.63, 3.8) is 0 Å². The SMILES string of the molecule is CCCNCC(C)(C)COCCC1CCC1. The van der Waals surface area contributed by atoms with Crippen molar-refractivity contribution in [2.45, 2.75) is 52.9 Å². The van der Waals surface area contributed by atoms with Gasteiger partial charge in [0.05, 0.1) is 6.61 Å². The van der Waals surface area contributed by atoms with Crippen molar-refractivity contribution in [3.05, 3.63) is 0 Å². The van der Waals surface area contributed by atoms with E-state index < -0.39 is 0 Å². The van der Waals surface area contributed by atoms with Crippen LogP contribution in [0.5, 0.6) is 0 Å². The summed E-state index contributed by atoms with van der Waals surface area (Å²) in [5.41, 5.74) is 0.273. The van der Waals surface area contributed by atoms with E-state index in [0.717, 1.165) is 32.2 Å². The third-order valence-electron chi connectivity index (χ3n) is 3.42. The molecule has 1 aliphatic rings. The molecule has 0 aromatic rings. The Morgan fingerprint density at radius 1 is 1.31 bits per heavy atom. The van der Waals surface area contributed by atoms with Crippen LogP contribution in [0.15, 0.2) is 0 Å². The Balaban J connectivity index is 1.95. The summed E-state index contributed by atoms with van der Waals surface area (Å²) in [5.74, 6) is 0.973. The Bertz CT molecular complexity index is 176. The van der Waals surface area contributed by atoms with E-state index in [-0.39, 0.29) is 5.41 Å². The van der Waals surface area contributed by atoms with Crippen molar-refractivity contribution in [2.24, 2.45) is 11.3 Å². The average molecular weight is 227 g/mol. The van der Waals surface area contributed by atoms with Crippen molar-refractivity contribution >= 4 is 0 Å². The second-order valence-corrected chi connectivity index (χ2v) is 5.98. The fourth-order valence-electron chi connectivity index (χ4n) is 2.03. The van der Waals surface area contributed by atoms with Gasteiger partial charge in [-0.2, -0.15) is 0 Å². The first-order chi connectivity index (χ1) is 7.64. The zero-order chi connectivity index (χ0) is 11.9. The van der Waals surface area contributed by atoms with E-state index in [0.29, 0.717) is 0 Å². The molecule has 0 radical (unpaired) electrons.